The van der Waals surface area contributed by atoms with Gasteiger partial charge in [-0.1, -0.05) is 26.8 Å². The maximum atomic E-state index is 5.83. The molecule has 5 saturated heterocycles. The molecule has 0 amide bonds. The Balaban J connectivity index is 0.000000276. The van der Waals surface area contributed by atoms with E-state index >= 15 is 0 Å². The molecule has 0 aliphatic carbocycles. The molecule has 0 N–H and O–H groups in total. The van der Waals surface area contributed by atoms with Crippen molar-refractivity contribution in [2.24, 2.45) is 5.41 Å². The molecular formula is C122H214N16O12. The maximum absolute atomic E-state index is 5.83. The fraction of sp³-hybridized carbons (Fsp3) is 0.754. The quantitative estimate of drug-likeness (QED) is 0.0326. The van der Waals surface area contributed by atoms with Gasteiger partial charge in [0.2, 0.25) is 35.3 Å². The number of pyridine rings is 6. The van der Waals surface area contributed by atoms with E-state index in [1.165, 1.54) is 25.1 Å². The van der Waals surface area contributed by atoms with Crippen molar-refractivity contribution in [3.8, 4) is 35.3 Å². The monoisotopic (exact) mass is 2100 g/mol. The zero-order chi connectivity index (χ0) is 111. The van der Waals surface area contributed by atoms with E-state index in [2.05, 4.69) is 293 Å². The molecule has 150 heavy (non-hydrogen) atoms. The third-order valence-electron chi connectivity index (χ3n) is 25.8. The first kappa shape index (κ1) is 132. The second kappa shape index (κ2) is 63.5. The van der Waals surface area contributed by atoms with Crippen LogP contribution in [0.2, 0.25) is 0 Å². The van der Waals surface area contributed by atoms with Gasteiger partial charge in [0.25, 0.3) is 0 Å². The molecular weight excluding hydrogens is 1880 g/mol. The summed E-state index contributed by atoms with van der Waals surface area (Å²) < 4.78 is 69.2. The second-order valence-electron chi connectivity index (χ2n) is 53.0. The summed E-state index contributed by atoms with van der Waals surface area (Å²) >= 11 is 0. The molecule has 28 heteroatoms. The van der Waals surface area contributed by atoms with Gasteiger partial charge < -0.3 is 81.3 Å². The van der Waals surface area contributed by atoms with Crippen molar-refractivity contribution in [1.82, 2.24) is 78.9 Å². The number of piperazine rings is 5. The van der Waals surface area contributed by atoms with Crippen LogP contribution in [0.25, 0.3) is 0 Å². The average Bonchev–Trinajstić information content (AvgIpc) is 0.860. The fourth-order valence-electron chi connectivity index (χ4n) is 16.5. The number of nitrogens with zero attached hydrogens (tertiary/aromatic N) is 16. The van der Waals surface area contributed by atoms with Crippen molar-refractivity contribution >= 4 is 0 Å². The van der Waals surface area contributed by atoms with Gasteiger partial charge in [-0.05, 0) is 343 Å². The Morgan fingerprint density at radius 2 is 0.387 bits per heavy atom. The molecule has 5 aliphatic heterocycles. The molecule has 28 nitrogen and oxygen atoms in total. The summed E-state index contributed by atoms with van der Waals surface area (Å²) in [5.41, 5.74) is 7.23. The first-order valence-electron chi connectivity index (χ1n) is 56.5. The zero-order valence-corrected chi connectivity index (χ0v) is 102. The topological polar surface area (TPSA) is 220 Å². The van der Waals surface area contributed by atoms with Crippen LogP contribution in [0.1, 0.15) is 321 Å². The van der Waals surface area contributed by atoms with E-state index in [-0.39, 0.29) is 55.8 Å². The van der Waals surface area contributed by atoms with Crippen LogP contribution in [0.4, 0.5) is 0 Å². The van der Waals surface area contributed by atoms with Crippen LogP contribution >= 0.6 is 0 Å². The predicted molar refractivity (Wildman–Crippen MR) is 616 cm³/mol. The molecule has 0 bridgehead atoms. The third-order valence-corrected chi connectivity index (χ3v) is 25.8. The summed E-state index contributed by atoms with van der Waals surface area (Å²) in [5.74, 6) is 4.18. The molecule has 0 radical (unpaired) electrons. The van der Waals surface area contributed by atoms with E-state index in [4.69, 9.17) is 56.8 Å². The highest BCUT2D eigenvalue weighted by atomic mass is 16.5. The van der Waals surface area contributed by atoms with Gasteiger partial charge in [0, 0.05) is 266 Å². The van der Waals surface area contributed by atoms with Crippen molar-refractivity contribution in [2.45, 2.75) is 389 Å². The van der Waals surface area contributed by atoms with E-state index in [9.17, 15) is 0 Å². The van der Waals surface area contributed by atoms with Crippen molar-refractivity contribution in [2.75, 3.05) is 210 Å². The number of rotatable bonds is 41. The Kier molecular flexibility index (Phi) is 55.7. The fourth-order valence-corrected chi connectivity index (χ4v) is 16.5. The summed E-state index contributed by atoms with van der Waals surface area (Å²) in [6.45, 7) is 114. The molecule has 854 valence electrons. The standard InChI is InChI=1S/C23H41N3O3.C22H39N3O.3C21H37N3O2.C14H23NO2/c1-22(2,3)28-17-15-26-13-11-25(12-14-26)10-7-16-27-21-9-8-20(18-24-21)19-29-23(4,5)6;1-21(2,3)11-10-19-8-9-20(23-18-19)26-17-7-12-24-13-15-25(16-14-24)22(4,5)6;3*1-20(2,3)24-13-11-23(12-14-24)10-7-15-25-19-9-8-18(16-22-19)17-26-21(4,5)6;1-13(2,3)16-10-11-7-8-12(15-9-11)17-14(4,5)6/h8-9,18H,7,10-17,19H2,1-6H3;8-9,18H,7,10-17H2,1-6H3;3*8-9,16H,7,10-15,17H2,1-6H3;7-9H,10H2,1-6H3. The highest BCUT2D eigenvalue weighted by Crippen LogP contribution is 2.28. The van der Waals surface area contributed by atoms with Crippen LogP contribution in [0.5, 0.6) is 35.3 Å². The van der Waals surface area contributed by atoms with Crippen LogP contribution < -0.4 is 28.4 Å². The van der Waals surface area contributed by atoms with E-state index in [1.807, 2.05) is 139 Å². The third kappa shape index (κ3) is 62.7. The zero-order valence-electron chi connectivity index (χ0n) is 102. The molecule has 6 aromatic heterocycles. The summed E-state index contributed by atoms with van der Waals surface area (Å²) in [7, 11) is 0. The first-order chi connectivity index (χ1) is 69.8. The van der Waals surface area contributed by atoms with Crippen molar-refractivity contribution in [1.29, 1.82) is 0 Å². The lowest BCUT2D eigenvalue weighted by molar-refractivity contribution is -0.0180. The molecule has 11 rings (SSSR count). The lowest BCUT2D eigenvalue weighted by atomic mass is 9.89. The average molecular weight is 2100 g/mol. The molecule has 6 aromatic rings. The second-order valence-corrected chi connectivity index (χ2v) is 53.0. The van der Waals surface area contributed by atoms with Gasteiger partial charge in [-0.2, -0.15) is 0 Å². The van der Waals surface area contributed by atoms with Crippen molar-refractivity contribution in [3.63, 3.8) is 0 Å². The lowest BCUT2D eigenvalue weighted by Crippen LogP contribution is -2.53. The van der Waals surface area contributed by atoms with E-state index in [0.29, 0.717) is 99.8 Å². The molecule has 0 unspecified atom stereocenters. The minimum atomic E-state index is -0.212. The SMILES string of the molecule is CC(C)(C)CCc1ccc(OCCCN2CCN(C(C)(C)C)CC2)nc1.CC(C)(C)OCCN1CCN(CCCOc2ccc(COC(C)(C)C)cn2)CC1.CC(C)(C)OCc1ccc(OC(C)(C)C)nc1.CC(C)(C)OCc1ccc(OCCCN2CCN(C(C)(C)C)CC2)nc1.CC(C)(C)OCc1ccc(OCCCN2CCN(C(C)(C)C)CC2)nc1.CC(C)(C)OCc1ccc(OCCCN2CCN(C(C)(C)C)CC2)nc1. The molecule has 11 heterocycles. The van der Waals surface area contributed by atoms with Crippen molar-refractivity contribution < 1.29 is 56.8 Å². The van der Waals surface area contributed by atoms with E-state index < -0.39 is 0 Å². The van der Waals surface area contributed by atoms with E-state index in [1.54, 1.807) is 6.20 Å². The Morgan fingerprint density at radius 3 is 0.560 bits per heavy atom. The van der Waals surface area contributed by atoms with Crippen LogP contribution in [0.3, 0.4) is 0 Å². The Hall–Kier alpha value is -6.94. The first-order valence-corrected chi connectivity index (χ1v) is 56.5. The molecule has 0 atom stereocenters. The summed E-state index contributed by atoms with van der Waals surface area (Å²) in [4.78, 5) is 51.7. The van der Waals surface area contributed by atoms with Gasteiger partial charge >= 0.3 is 0 Å². The molecule has 0 spiro atoms. The highest BCUT2D eigenvalue weighted by Gasteiger charge is 2.32. The minimum Gasteiger partial charge on any atom is -0.478 e. The van der Waals surface area contributed by atoms with Gasteiger partial charge in [0.15, 0.2) is 0 Å². The summed E-state index contributed by atoms with van der Waals surface area (Å²) in [6, 6.07) is 23.9. The van der Waals surface area contributed by atoms with Gasteiger partial charge in [0.05, 0.1) is 106 Å². The Bertz CT molecular complexity index is 4090. The van der Waals surface area contributed by atoms with Gasteiger partial charge in [0.1, 0.15) is 5.60 Å². The van der Waals surface area contributed by atoms with Crippen LogP contribution in [-0.2, 0) is 67.9 Å². The lowest BCUT2D eigenvalue weighted by Gasteiger charge is -2.42. The molecule has 5 aliphatic rings. The molecule has 5 fully saturated rings. The van der Waals surface area contributed by atoms with Crippen LogP contribution in [-0.4, -0.2) is 350 Å². The number of aryl methyl sites for hydroxylation is 1. The normalized spacial score (nSPS) is 16.8. The summed E-state index contributed by atoms with van der Waals surface area (Å²) in [5, 5.41) is 0. The Labute approximate surface area is 913 Å². The largest absolute Gasteiger partial charge is 0.478 e. The van der Waals surface area contributed by atoms with Gasteiger partial charge in [-0.3, -0.25) is 24.5 Å². The molecule has 0 saturated carbocycles. The number of ether oxygens (including phenoxy) is 12. The smallest absolute Gasteiger partial charge is 0.213 e. The summed E-state index contributed by atoms with van der Waals surface area (Å²) in [6.07, 6.45) is 18.6. The minimum absolute atomic E-state index is 0.0444. The predicted octanol–water partition coefficient (Wildman–Crippen LogP) is 22.2. The van der Waals surface area contributed by atoms with Gasteiger partial charge in [-0.25, -0.2) is 29.9 Å². The van der Waals surface area contributed by atoms with Gasteiger partial charge in [-0.15, -0.1) is 0 Å². The number of aromatic nitrogens is 6. The highest BCUT2D eigenvalue weighted by molar-refractivity contribution is 5.22. The number of hydrogen-bond acceptors (Lipinski definition) is 28. The molecule has 0 aromatic carbocycles. The maximum Gasteiger partial charge on any atom is 0.213 e. The Morgan fingerprint density at radius 1 is 0.200 bits per heavy atom. The van der Waals surface area contributed by atoms with E-state index in [0.717, 1.165) is 243 Å². The van der Waals surface area contributed by atoms with Crippen LogP contribution in [0.15, 0.2) is 110 Å². The number of hydrogen-bond donors (Lipinski definition) is 0. The van der Waals surface area contributed by atoms with Crippen LogP contribution in [0, 0.1) is 5.41 Å². The van der Waals surface area contributed by atoms with Crippen molar-refractivity contribution in [3.05, 3.63) is 143 Å².